The second kappa shape index (κ2) is 8.34. The number of hydrogen-bond acceptors (Lipinski definition) is 4. The topological polar surface area (TPSA) is 102 Å². The molecule has 3 N–H and O–H groups in total. The average molecular weight is 273 g/mol. The zero-order valence-corrected chi connectivity index (χ0v) is 11.9. The lowest BCUT2D eigenvalue weighted by atomic mass is 9.98. The maximum absolute atomic E-state index is 12.3. The number of nitrogens with one attached hydrogen (secondary N) is 1. The molecule has 7 nitrogen and oxygen atoms in total. The fourth-order valence-electron chi connectivity index (χ4n) is 1.60. The number of methoxy groups -OCH3 is 1. The maximum atomic E-state index is 12.3. The highest BCUT2D eigenvalue weighted by Gasteiger charge is 2.29. The summed E-state index contributed by atoms with van der Waals surface area (Å²) in [4.78, 5) is 35.9. The molecule has 0 aliphatic rings. The Labute approximate surface area is 113 Å². The van der Waals surface area contributed by atoms with E-state index in [-0.39, 0.29) is 18.4 Å². The van der Waals surface area contributed by atoms with Gasteiger partial charge < -0.3 is 20.7 Å². The smallest absolute Gasteiger partial charge is 0.325 e. The SMILES string of the molecule is CCC(C)C(NC(N)=O)C(=O)N(CC)CC(=O)OC. The van der Waals surface area contributed by atoms with Gasteiger partial charge in [0.25, 0.3) is 0 Å². The number of primary amides is 1. The van der Waals surface area contributed by atoms with E-state index in [1.807, 2.05) is 13.8 Å². The molecule has 7 heteroatoms. The minimum Gasteiger partial charge on any atom is -0.468 e. The first-order valence-corrected chi connectivity index (χ1v) is 6.28. The van der Waals surface area contributed by atoms with Crippen LogP contribution in [0.1, 0.15) is 27.2 Å². The normalized spacial score (nSPS) is 13.3. The molecule has 0 saturated heterocycles. The number of nitrogens with zero attached hydrogens (tertiary/aromatic N) is 1. The molecule has 0 rings (SSSR count). The zero-order chi connectivity index (χ0) is 15.0. The molecule has 0 aromatic rings. The molecule has 3 amide bonds. The average Bonchev–Trinajstić information content (AvgIpc) is 2.39. The molecule has 0 heterocycles. The van der Waals surface area contributed by atoms with Gasteiger partial charge in [-0.05, 0) is 12.8 Å². The van der Waals surface area contributed by atoms with E-state index in [0.29, 0.717) is 13.0 Å². The van der Waals surface area contributed by atoms with Crippen LogP contribution in [0.2, 0.25) is 0 Å². The Bertz CT molecular complexity index is 333. The predicted octanol–water partition coefficient (Wildman–Crippen LogP) is 0.0909. The van der Waals surface area contributed by atoms with Crippen molar-refractivity contribution in [1.82, 2.24) is 10.2 Å². The van der Waals surface area contributed by atoms with Crippen molar-refractivity contribution < 1.29 is 19.1 Å². The lowest BCUT2D eigenvalue weighted by Gasteiger charge is -2.28. The Morgan fingerprint density at radius 2 is 1.89 bits per heavy atom. The predicted molar refractivity (Wildman–Crippen MR) is 70.2 cm³/mol. The largest absolute Gasteiger partial charge is 0.468 e. The number of esters is 1. The van der Waals surface area contributed by atoms with Crippen LogP contribution >= 0.6 is 0 Å². The Hall–Kier alpha value is -1.79. The monoisotopic (exact) mass is 273 g/mol. The molecule has 0 bridgehead atoms. The first-order chi connectivity index (χ1) is 8.87. The van der Waals surface area contributed by atoms with Crippen LogP contribution < -0.4 is 11.1 Å². The van der Waals surface area contributed by atoms with E-state index in [4.69, 9.17) is 5.73 Å². The second-order valence-electron chi connectivity index (χ2n) is 4.30. The molecule has 2 unspecified atom stereocenters. The van der Waals surface area contributed by atoms with Crippen molar-refractivity contribution in [2.75, 3.05) is 20.2 Å². The third-order valence-electron chi connectivity index (χ3n) is 3.02. The number of nitrogens with two attached hydrogens (primary N) is 1. The van der Waals surface area contributed by atoms with Crippen LogP contribution in [0, 0.1) is 5.92 Å². The fraction of sp³-hybridized carbons (Fsp3) is 0.750. The summed E-state index contributed by atoms with van der Waals surface area (Å²) in [7, 11) is 1.26. The quantitative estimate of drug-likeness (QED) is 0.642. The van der Waals surface area contributed by atoms with Crippen LogP contribution in [0.15, 0.2) is 0 Å². The van der Waals surface area contributed by atoms with Crippen molar-refractivity contribution in [3.8, 4) is 0 Å². The summed E-state index contributed by atoms with van der Waals surface area (Å²) >= 11 is 0. The lowest BCUT2D eigenvalue weighted by molar-refractivity contribution is -0.147. The number of likely N-dealkylation sites (N-methyl/N-ethyl adjacent to an activating group) is 1. The molecule has 2 atom stereocenters. The molecule has 0 spiro atoms. The third-order valence-corrected chi connectivity index (χ3v) is 3.02. The highest BCUT2D eigenvalue weighted by Crippen LogP contribution is 2.11. The lowest BCUT2D eigenvalue weighted by Crippen LogP contribution is -2.54. The van der Waals surface area contributed by atoms with Gasteiger partial charge in [-0.2, -0.15) is 0 Å². The summed E-state index contributed by atoms with van der Waals surface area (Å²) in [5, 5.41) is 2.43. The number of carbonyl (C=O) groups excluding carboxylic acids is 3. The first-order valence-electron chi connectivity index (χ1n) is 6.28. The van der Waals surface area contributed by atoms with Crippen molar-refractivity contribution in [3.63, 3.8) is 0 Å². The molecule has 0 radical (unpaired) electrons. The zero-order valence-electron chi connectivity index (χ0n) is 11.9. The Kier molecular flexibility index (Phi) is 7.55. The second-order valence-corrected chi connectivity index (χ2v) is 4.30. The molecule has 110 valence electrons. The number of urea groups is 1. The molecule has 0 aliphatic carbocycles. The van der Waals surface area contributed by atoms with Crippen LogP contribution in [-0.4, -0.2) is 49.0 Å². The highest BCUT2D eigenvalue weighted by atomic mass is 16.5. The molecule has 0 aromatic carbocycles. The molecule has 0 aliphatic heterocycles. The van der Waals surface area contributed by atoms with Gasteiger partial charge in [0.05, 0.1) is 7.11 Å². The Balaban J connectivity index is 4.92. The summed E-state index contributed by atoms with van der Waals surface area (Å²) in [5.74, 6) is -0.912. The van der Waals surface area contributed by atoms with E-state index < -0.39 is 18.0 Å². The van der Waals surface area contributed by atoms with Gasteiger partial charge in [-0.15, -0.1) is 0 Å². The van der Waals surface area contributed by atoms with E-state index in [2.05, 4.69) is 10.1 Å². The van der Waals surface area contributed by atoms with E-state index in [0.717, 1.165) is 0 Å². The molecule has 0 aromatic heterocycles. The summed E-state index contributed by atoms with van der Waals surface area (Å²) < 4.78 is 4.54. The molecule has 0 fully saturated rings. The minimum absolute atomic E-state index is 0.0771. The van der Waals surface area contributed by atoms with E-state index in [9.17, 15) is 14.4 Å². The van der Waals surface area contributed by atoms with Crippen LogP contribution in [0.5, 0.6) is 0 Å². The highest BCUT2D eigenvalue weighted by molar-refractivity contribution is 5.89. The minimum atomic E-state index is -0.757. The molecule has 19 heavy (non-hydrogen) atoms. The molecule has 0 saturated carbocycles. The van der Waals surface area contributed by atoms with Crippen LogP contribution in [0.3, 0.4) is 0 Å². The van der Waals surface area contributed by atoms with E-state index >= 15 is 0 Å². The number of hydrogen-bond donors (Lipinski definition) is 2. The van der Waals surface area contributed by atoms with Gasteiger partial charge in [0.1, 0.15) is 12.6 Å². The van der Waals surface area contributed by atoms with Gasteiger partial charge in [0.2, 0.25) is 5.91 Å². The number of ether oxygens (including phenoxy) is 1. The summed E-state index contributed by atoms with van der Waals surface area (Å²) in [6.45, 7) is 5.70. The van der Waals surface area contributed by atoms with Crippen molar-refractivity contribution in [3.05, 3.63) is 0 Å². The van der Waals surface area contributed by atoms with Crippen molar-refractivity contribution in [2.24, 2.45) is 11.7 Å². The van der Waals surface area contributed by atoms with Gasteiger partial charge in [-0.25, -0.2) is 4.79 Å². The van der Waals surface area contributed by atoms with E-state index in [1.54, 1.807) is 6.92 Å². The van der Waals surface area contributed by atoms with Gasteiger partial charge in [-0.3, -0.25) is 9.59 Å². The standard InChI is InChI=1S/C12H23N3O4/c1-5-8(3)10(14-12(13)18)11(17)15(6-2)7-9(16)19-4/h8,10H,5-7H2,1-4H3,(H3,13,14,18). The van der Waals surface area contributed by atoms with Gasteiger partial charge >= 0.3 is 12.0 Å². The summed E-state index contributed by atoms with van der Waals surface area (Å²) in [6.07, 6.45) is 0.701. The fourth-order valence-corrected chi connectivity index (χ4v) is 1.60. The Morgan fingerprint density at radius 1 is 1.32 bits per heavy atom. The summed E-state index contributed by atoms with van der Waals surface area (Å²) in [6, 6.07) is -1.49. The van der Waals surface area contributed by atoms with Gasteiger partial charge in [0, 0.05) is 6.54 Å². The van der Waals surface area contributed by atoms with Gasteiger partial charge in [0.15, 0.2) is 0 Å². The van der Waals surface area contributed by atoms with Crippen LogP contribution in [0.25, 0.3) is 0 Å². The van der Waals surface area contributed by atoms with Crippen molar-refractivity contribution in [1.29, 1.82) is 0 Å². The number of carbonyl (C=O) groups is 3. The molecular formula is C12H23N3O4. The van der Waals surface area contributed by atoms with Crippen molar-refractivity contribution >= 4 is 17.9 Å². The summed E-state index contributed by atoms with van der Waals surface area (Å²) in [5.41, 5.74) is 5.08. The Morgan fingerprint density at radius 3 is 2.26 bits per heavy atom. The van der Waals surface area contributed by atoms with Crippen LogP contribution in [0.4, 0.5) is 4.79 Å². The van der Waals surface area contributed by atoms with E-state index in [1.165, 1.54) is 12.0 Å². The van der Waals surface area contributed by atoms with Crippen LogP contribution in [-0.2, 0) is 14.3 Å². The number of amides is 3. The van der Waals surface area contributed by atoms with Crippen molar-refractivity contribution in [2.45, 2.75) is 33.2 Å². The third kappa shape index (κ3) is 5.58. The maximum Gasteiger partial charge on any atom is 0.325 e. The number of rotatable bonds is 7. The molecular weight excluding hydrogens is 250 g/mol. The van der Waals surface area contributed by atoms with Gasteiger partial charge in [-0.1, -0.05) is 20.3 Å². The first kappa shape index (κ1) is 17.2.